The predicted molar refractivity (Wildman–Crippen MR) is 78.4 cm³/mol. The van der Waals surface area contributed by atoms with E-state index in [2.05, 4.69) is 26.1 Å². The Balaban J connectivity index is 2.66. The number of nitrogens with zero attached hydrogens (tertiary/aromatic N) is 2. The van der Waals surface area contributed by atoms with Gasteiger partial charge in [0.1, 0.15) is 6.07 Å². The molecule has 0 aliphatic carbocycles. The number of rotatable bonds is 2. The number of benzene rings is 1. The van der Waals surface area contributed by atoms with E-state index < -0.39 is 44.6 Å². The van der Waals surface area contributed by atoms with Crippen LogP contribution in [0.15, 0.2) is 21.5 Å². The number of hydrogen-bond acceptors (Lipinski definition) is 3. The summed E-state index contributed by atoms with van der Waals surface area (Å²) in [6.07, 6.45) is -4.68. The van der Waals surface area contributed by atoms with E-state index in [0.717, 1.165) is 0 Å². The zero-order chi connectivity index (χ0) is 18.3. The highest BCUT2D eigenvalue weighted by atomic mass is 79.9. The fourth-order valence-electron chi connectivity index (χ4n) is 1.77. The van der Waals surface area contributed by atoms with E-state index in [1.807, 2.05) is 0 Å². The summed E-state index contributed by atoms with van der Waals surface area (Å²) in [6, 6.07) is 2.74. The molecule has 128 valence electrons. The number of aromatic nitrogens is 2. The summed E-state index contributed by atoms with van der Waals surface area (Å²) in [5.41, 5.74) is -6.82. The van der Waals surface area contributed by atoms with Crippen LogP contribution >= 0.6 is 39.3 Å². The van der Waals surface area contributed by atoms with Crippen molar-refractivity contribution < 1.29 is 26.3 Å². The van der Waals surface area contributed by atoms with Crippen molar-refractivity contribution in [1.82, 2.24) is 10.2 Å². The van der Waals surface area contributed by atoms with Crippen LogP contribution in [-0.2, 0) is 6.18 Å². The third kappa shape index (κ3) is 3.99. The van der Waals surface area contributed by atoms with Gasteiger partial charge in [0.05, 0.1) is 21.2 Å². The van der Waals surface area contributed by atoms with Gasteiger partial charge in [-0.15, -0.1) is 0 Å². The van der Waals surface area contributed by atoms with Gasteiger partial charge < -0.3 is 0 Å². The molecule has 24 heavy (non-hydrogen) atoms. The second kappa shape index (κ2) is 6.50. The molecule has 0 aliphatic heterocycles. The molecule has 1 aromatic carbocycles. The predicted octanol–water partition coefficient (Wildman–Crippen LogP) is 5.99. The van der Waals surface area contributed by atoms with Crippen LogP contribution in [0, 0.1) is 11.3 Å². The third-order valence-corrected chi connectivity index (χ3v) is 4.42. The number of alkyl halides is 6. The molecule has 0 spiro atoms. The number of halogens is 8. The summed E-state index contributed by atoms with van der Waals surface area (Å²) in [5.74, 6) is 0. The maximum atomic E-state index is 12.7. The maximum absolute atomic E-state index is 12.7. The maximum Gasteiger partial charge on any atom is 0.446 e. The Morgan fingerprint density at radius 1 is 1.21 bits per heavy atom. The first-order valence-electron chi connectivity index (χ1n) is 5.75. The number of H-pyrrole nitrogens is 1. The zero-order valence-electron chi connectivity index (χ0n) is 11.0. The lowest BCUT2D eigenvalue weighted by atomic mass is 10.1. The van der Waals surface area contributed by atoms with Gasteiger partial charge in [0.2, 0.25) is 0 Å². The lowest BCUT2D eigenvalue weighted by molar-refractivity contribution is -0.137. The zero-order valence-corrected chi connectivity index (χ0v) is 14.1. The fraction of sp³-hybridized carbons (Fsp3) is 0.167. The van der Waals surface area contributed by atoms with Crippen LogP contribution < -0.4 is 0 Å². The average Bonchev–Trinajstić information content (AvgIpc) is 2.77. The van der Waals surface area contributed by atoms with Gasteiger partial charge in [0.15, 0.2) is 5.69 Å². The molecule has 2 aromatic rings. The smallest absolute Gasteiger partial charge is 0.275 e. The van der Waals surface area contributed by atoms with E-state index in [9.17, 15) is 26.3 Å². The van der Waals surface area contributed by atoms with Crippen molar-refractivity contribution in [3.05, 3.63) is 32.9 Å². The van der Waals surface area contributed by atoms with Gasteiger partial charge in [-0.25, -0.2) is 0 Å². The Bertz CT molecular complexity index is 801. The van der Waals surface area contributed by atoms with Gasteiger partial charge in [-0.2, -0.15) is 36.7 Å². The largest absolute Gasteiger partial charge is 0.446 e. The normalized spacial score (nSPS) is 12.3. The first-order valence-corrected chi connectivity index (χ1v) is 7.73. The van der Waals surface area contributed by atoms with Crippen molar-refractivity contribution in [3.63, 3.8) is 0 Å². The first kappa shape index (κ1) is 19.0. The third-order valence-electron chi connectivity index (χ3n) is 2.66. The quantitative estimate of drug-likeness (QED) is 0.451. The highest BCUT2D eigenvalue weighted by Crippen LogP contribution is 2.47. The van der Waals surface area contributed by atoms with Crippen LogP contribution in [-0.4, -0.2) is 15.7 Å². The van der Waals surface area contributed by atoms with E-state index in [1.54, 1.807) is 0 Å². The minimum atomic E-state index is -4.73. The standard InChI is InChI=1S/C12H3BrClF6N3S/c13-5-1-4(11(15,16)17)2-6(14)8(5)9-10(24-12(18,19)20)7(3-21)22-23-9/h1-2H,(H,22,23). The second-order valence-electron chi connectivity index (χ2n) is 4.25. The highest BCUT2D eigenvalue weighted by molar-refractivity contribution is 9.10. The van der Waals surface area contributed by atoms with Gasteiger partial charge in [-0.1, -0.05) is 27.5 Å². The molecule has 0 saturated heterocycles. The van der Waals surface area contributed by atoms with Gasteiger partial charge in [-0.3, -0.25) is 5.10 Å². The fourth-order valence-corrected chi connectivity index (χ4v) is 3.52. The van der Waals surface area contributed by atoms with Crippen molar-refractivity contribution in [2.24, 2.45) is 0 Å². The molecule has 1 N–H and O–H groups in total. The molecule has 0 radical (unpaired) electrons. The van der Waals surface area contributed by atoms with Crippen LogP contribution in [0.3, 0.4) is 0 Å². The van der Waals surface area contributed by atoms with Crippen molar-refractivity contribution in [1.29, 1.82) is 5.26 Å². The molecule has 12 heteroatoms. The molecule has 0 saturated carbocycles. The summed E-state index contributed by atoms with van der Waals surface area (Å²) in [4.78, 5) is -0.577. The molecule has 1 aromatic heterocycles. The molecule has 0 bridgehead atoms. The molecule has 0 atom stereocenters. The summed E-state index contributed by atoms with van der Waals surface area (Å²) in [7, 11) is 0. The molecule has 0 unspecified atom stereocenters. The number of nitriles is 1. The molecular weight excluding hydrogens is 448 g/mol. The van der Waals surface area contributed by atoms with Crippen LogP contribution in [0.2, 0.25) is 5.02 Å². The average molecular weight is 451 g/mol. The molecule has 0 aliphatic rings. The van der Waals surface area contributed by atoms with Gasteiger partial charge >= 0.3 is 11.7 Å². The van der Waals surface area contributed by atoms with Crippen LogP contribution in [0.5, 0.6) is 0 Å². The lowest BCUT2D eigenvalue weighted by Crippen LogP contribution is -2.05. The Kier molecular flexibility index (Phi) is 5.13. The first-order chi connectivity index (χ1) is 10.9. The van der Waals surface area contributed by atoms with Gasteiger partial charge in [0.25, 0.3) is 0 Å². The van der Waals surface area contributed by atoms with Gasteiger partial charge in [0, 0.05) is 10.0 Å². The molecular formula is C12H3BrClF6N3S. The molecule has 0 amide bonds. The summed E-state index contributed by atoms with van der Waals surface area (Å²) in [6.45, 7) is 0. The van der Waals surface area contributed by atoms with Crippen molar-refractivity contribution in [2.75, 3.05) is 0 Å². The van der Waals surface area contributed by atoms with Gasteiger partial charge in [-0.05, 0) is 23.9 Å². The topological polar surface area (TPSA) is 52.5 Å². The molecule has 1 heterocycles. The van der Waals surface area contributed by atoms with E-state index in [1.165, 1.54) is 6.07 Å². The highest BCUT2D eigenvalue weighted by Gasteiger charge is 2.36. The minimum absolute atomic E-state index is 0.162. The number of hydrogen-bond donors (Lipinski definition) is 1. The lowest BCUT2D eigenvalue weighted by Gasteiger charge is -2.13. The molecule has 2 rings (SSSR count). The van der Waals surface area contributed by atoms with Crippen molar-refractivity contribution >= 4 is 39.3 Å². The number of thioether (sulfide) groups is 1. The van der Waals surface area contributed by atoms with Crippen molar-refractivity contribution in [3.8, 4) is 17.3 Å². The van der Waals surface area contributed by atoms with Crippen LogP contribution in [0.4, 0.5) is 26.3 Å². The minimum Gasteiger partial charge on any atom is -0.275 e. The van der Waals surface area contributed by atoms with E-state index in [4.69, 9.17) is 16.9 Å². The summed E-state index contributed by atoms with van der Waals surface area (Å²) >= 11 is 8.08. The van der Waals surface area contributed by atoms with Crippen molar-refractivity contribution in [2.45, 2.75) is 16.6 Å². The number of nitrogens with one attached hydrogen (secondary N) is 1. The summed E-state index contributed by atoms with van der Waals surface area (Å²) < 4.78 is 76.1. The monoisotopic (exact) mass is 449 g/mol. The van der Waals surface area contributed by atoms with Crippen LogP contribution in [0.1, 0.15) is 11.3 Å². The second-order valence-corrected chi connectivity index (χ2v) is 6.59. The Labute approximate surface area is 148 Å². The van der Waals surface area contributed by atoms with E-state index >= 15 is 0 Å². The van der Waals surface area contributed by atoms with E-state index in [-0.39, 0.29) is 15.7 Å². The Morgan fingerprint density at radius 3 is 2.29 bits per heavy atom. The summed E-state index contributed by atoms with van der Waals surface area (Å²) in [5, 5.41) is 14.1. The van der Waals surface area contributed by atoms with E-state index in [0.29, 0.717) is 12.1 Å². The van der Waals surface area contributed by atoms with Crippen LogP contribution in [0.25, 0.3) is 11.3 Å². The SMILES string of the molecule is N#Cc1n[nH]c(-c2c(Cl)cc(C(F)(F)F)cc2Br)c1SC(F)(F)F. The Hall–Kier alpha value is -1.38. The molecule has 3 nitrogen and oxygen atoms in total. The number of aromatic amines is 1. The molecule has 0 fully saturated rings. The Morgan fingerprint density at radius 2 is 1.83 bits per heavy atom.